The largest absolute Gasteiger partial charge is 0.484 e. The summed E-state index contributed by atoms with van der Waals surface area (Å²) in [7, 11) is 0. The van der Waals surface area contributed by atoms with E-state index in [0.29, 0.717) is 11.3 Å². The Morgan fingerprint density at radius 2 is 1.77 bits per heavy atom. The van der Waals surface area contributed by atoms with Crippen LogP contribution in [0.25, 0.3) is 0 Å². The van der Waals surface area contributed by atoms with E-state index in [4.69, 9.17) is 9.47 Å². The maximum atomic E-state index is 12.6. The van der Waals surface area contributed by atoms with Gasteiger partial charge in [-0.25, -0.2) is 4.79 Å². The van der Waals surface area contributed by atoms with Crippen LogP contribution in [-0.2, 0) is 15.7 Å². The van der Waals surface area contributed by atoms with Crippen molar-refractivity contribution in [2.75, 3.05) is 18.5 Å². The predicted molar refractivity (Wildman–Crippen MR) is 88.0 cm³/mol. The lowest BCUT2D eigenvalue weighted by molar-refractivity contribution is -0.137. The van der Waals surface area contributed by atoms with Gasteiger partial charge in [-0.15, -0.1) is 0 Å². The van der Waals surface area contributed by atoms with Gasteiger partial charge >= 0.3 is 12.1 Å². The summed E-state index contributed by atoms with van der Waals surface area (Å²) in [5, 5.41) is 2.33. The van der Waals surface area contributed by atoms with E-state index < -0.39 is 30.2 Å². The second-order valence-corrected chi connectivity index (χ2v) is 5.16. The number of amides is 1. The molecule has 0 aliphatic rings. The van der Waals surface area contributed by atoms with E-state index in [1.165, 1.54) is 36.4 Å². The molecule has 138 valence electrons. The zero-order valence-corrected chi connectivity index (χ0v) is 13.8. The van der Waals surface area contributed by atoms with E-state index in [-0.39, 0.29) is 12.3 Å². The first-order valence-corrected chi connectivity index (χ1v) is 7.66. The molecule has 0 saturated heterocycles. The van der Waals surface area contributed by atoms with Crippen LogP contribution in [0.4, 0.5) is 18.9 Å². The highest BCUT2D eigenvalue weighted by Gasteiger charge is 2.30. The summed E-state index contributed by atoms with van der Waals surface area (Å²) in [5.74, 6) is -0.752. The first-order valence-electron chi connectivity index (χ1n) is 7.66. The Morgan fingerprint density at radius 1 is 1.08 bits per heavy atom. The zero-order chi connectivity index (χ0) is 19.2. The van der Waals surface area contributed by atoms with Gasteiger partial charge in [-0.2, -0.15) is 13.2 Å². The number of esters is 1. The molecule has 0 unspecified atom stereocenters. The molecule has 1 amide bonds. The molecule has 2 aromatic rings. The molecule has 2 rings (SSSR count). The molecule has 1 N–H and O–H groups in total. The number of anilines is 1. The number of nitrogens with one attached hydrogen (secondary N) is 1. The van der Waals surface area contributed by atoms with Gasteiger partial charge in [0.1, 0.15) is 5.75 Å². The minimum absolute atomic E-state index is 0.0195. The topological polar surface area (TPSA) is 64.6 Å². The Labute approximate surface area is 147 Å². The van der Waals surface area contributed by atoms with Crippen molar-refractivity contribution in [2.24, 2.45) is 0 Å². The van der Waals surface area contributed by atoms with E-state index >= 15 is 0 Å². The third-order valence-corrected chi connectivity index (χ3v) is 3.21. The van der Waals surface area contributed by atoms with Gasteiger partial charge in [0, 0.05) is 5.69 Å². The quantitative estimate of drug-likeness (QED) is 0.787. The van der Waals surface area contributed by atoms with Crippen molar-refractivity contribution in [3.05, 3.63) is 59.7 Å². The maximum absolute atomic E-state index is 12.6. The Bertz CT molecular complexity index is 773. The van der Waals surface area contributed by atoms with Gasteiger partial charge < -0.3 is 14.8 Å². The lowest BCUT2D eigenvalue weighted by atomic mass is 10.2. The average molecular weight is 367 g/mol. The summed E-state index contributed by atoms with van der Waals surface area (Å²) in [5.41, 5.74) is -0.496. The summed E-state index contributed by atoms with van der Waals surface area (Å²) >= 11 is 0. The summed E-state index contributed by atoms with van der Waals surface area (Å²) in [6, 6.07) is 10.3. The molecule has 0 spiro atoms. The van der Waals surface area contributed by atoms with Crippen LogP contribution in [0, 0.1) is 0 Å². The lowest BCUT2D eigenvalue weighted by Gasteiger charge is -2.10. The minimum Gasteiger partial charge on any atom is -0.484 e. The molecule has 0 heterocycles. The van der Waals surface area contributed by atoms with Crippen LogP contribution < -0.4 is 10.1 Å². The molecule has 0 atom stereocenters. The van der Waals surface area contributed by atoms with Crippen molar-refractivity contribution in [1.29, 1.82) is 0 Å². The second-order valence-electron chi connectivity index (χ2n) is 5.16. The van der Waals surface area contributed by atoms with Crippen LogP contribution in [0.1, 0.15) is 22.8 Å². The van der Waals surface area contributed by atoms with E-state index in [1.807, 2.05) is 0 Å². The highest BCUT2D eigenvalue weighted by atomic mass is 19.4. The van der Waals surface area contributed by atoms with Crippen LogP contribution in [0.2, 0.25) is 0 Å². The minimum atomic E-state index is -4.49. The van der Waals surface area contributed by atoms with Crippen LogP contribution in [0.5, 0.6) is 5.75 Å². The monoisotopic (exact) mass is 367 g/mol. The third-order valence-electron chi connectivity index (χ3n) is 3.21. The molecule has 5 nitrogen and oxygen atoms in total. The summed E-state index contributed by atoms with van der Waals surface area (Å²) < 4.78 is 48.0. The van der Waals surface area contributed by atoms with Gasteiger partial charge in [0.05, 0.1) is 17.7 Å². The van der Waals surface area contributed by atoms with Crippen molar-refractivity contribution in [1.82, 2.24) is 0 Å². The standard InChI is InChI=1S/C18H16F3NO4/c1-2-25-17(24)12-6-8-15(9-7-12)26-11-16(23)22-14-5-3-4-13(10-14)18(19,20)21/h3-10H,2,11H2,1H3,(H,22,23). The lowest BCUT2D eigenvalue weighted by Crippen LogP contribution is -2.20. The van der Waals surface area contributed by atoms with E-state index in [0.717, 1.165) is 12.1 Å². The van der Waals surface area contributed by atoms with Crippen molar-refractivity contribution in [3.63, 3.8) is 0 Å². The normalized spacial score (nSPS) is 10.9. The second kappa shape index (κ2) is 8.37. The molecule has 0 aromatic heterocycles. The number of alkyl halides is 3. The van der Waals surface area contributed by atoms with E-state index in [2.05, 4.69) is 5.32 Å². The summed E-state index contributed by atoms with van der Waals surface area (Å²) in [6.07, 6.45) is -4.49. The van der Waals surface area contributed by atoms with Gasteiger partial charge in [0.25, 0.3) is 5.91 Å². The number of halogens is 3. The Hall–Kier alpha value is -3.03. The SMILES string of the molecule is CCOC(=O)c1ccc(OCC(=O)Nc2cccc(C(F)(F)F)c2)cc1. The van der Waals surface area contributed by atoms with Crippen molar-refractivity contribution >= 4 is 17.6 Å². The number of benzene rings is 2. The first-order chi connectivity index (χ1) is 12.3. The smallest absolute Gasteiger partial charge is 0.416 e. The number of hydrogen-bond donors (Lipinski definition) is 1. The molecular weight excluding hydrogens is 351 g/mol. The Morgan fingerprint density at radius 3 is 2.38 bits per heavy atom. The molecule has 0 fully saturated rings. The van der Waals surface area contributed by atoms with Crippen molar-refractivity contribution in [3.8, 4) is 5.75 Å². The van der Waals surface area contributed by atoms with Gasteiger partial charge in [-0.1, -0.05) is 6.07 Å². The molecule has 0 saturated carbocycles. The highest BCUT2D eigenvalue weighted by Crippen LogP contribution is 2.30. The van der Waals surface area contributed by atoms with E-state index in [9.17, 15) is 22.8 Å². The number of carbonyl (C=O) groups is 2. The molecule has 26 heavy (non-hydrogen) atoms. The van der Waals surface area contributed by atoms with Crippen LogP contribution in [0.3, 0.4) is 0 Å². The van der Waals surface area contributed by atoms with Gasteiger partial charge in [0.2, 0.25) is 0 Å². The predicted octanol–water partition coefficient (Wildman–Crippen LogP) is 3.90. The van der Waals surface area contributed by atoms with Gasteiger partial charge in [-0.3, -0.25) is 4.79 Å². The van der Waals surface area contributed by atoms with Crippen LogP contribution >= 0.6 is 0 Å². The fourth-order valence-electron chi connectivity index (χ4n) is 2.02. The fraction of sp³-hybridized carbons (Fsp3) is 0.222. The molecule has 2 aromatic carbocycles. The zero-order valence-electron chi connectivity index (χ0n) is 13.8. The van der Waals surface area contributed by atoms with E-state index in [1.54, 1.807) is 6.92 Å². The highest BCUT2D eigenvalue weighted by molar-refractivity contribution is 5.92. The molecule has 0 radical (unpaired) electrons. The molecule has 8 heteroatoms. The Balaban J connectivity index is 1.90. The van der Waals surface area contributed by atoms with Crippen molar-refractivity contribution in [2.45, 2.75) is 13.1 Å². The number of rotatable bonds is 6. The van der Waals surface area contributed by atoms with Crippen LogP contribution in [0.15, 0.2) is 48.5 Å². The summed E-state index contributed by atoms with van der Waals surface area (Å²) in [4.78, 5) is 23.3. The first kappa shape index (κ1) is 19.3. The number of carbonyl (C=O) groups excluding carboxylic acids is 2. The molecule has 0 aliphatic carbocycles. The maximum Gasteiger partial charge on any atom is 0.416 e. The Kier molecular flexibility index (Phi) is 6.21. The van der Waals surface area contributed by atoms with Crippen LogP contribution in [-0.4, -0.2) is 25.1 Å². The van der Waals surface area contributed by atoms with Gasteiger partial charge in [0.15, 0.2) is 6.61 Å². The molecule has 0 bridgehead atoms. The van der Waals surface area contributed by atoms with Gasteiger partial charge in [-0.05, 0) is 49.4 Å². The number of hydrogen-bond acceptors (Lipinski definition) is 4. The third kappa shape index (κ3) is 5.51. The fourth-order valence-corrected chi connectivity index (χ4v) is 2.02. The molecular formula is C18H16F3NO4. The number of ether oxygens (including phenoxy) is 2. The summed E-state index contributed by atoms with van der Waals surface area (Å²) in [6.45, 7) is 1.56. The average Bonchev–Trinajstić information content (AvgIpc) is 2.60. The molecule has 0 aliphatic heterocycles. The van der Waals surface area contributed by atoms with Crippen molar-refractivity contribution < 1.29 is 32.2 Å².